The molecule has 2 rings (SSSR count). The molecule has 0 aromatic heterocycles. The van der Waals surface area contributed by atoms with Gasteiger partial charge >= 0.3 is 0 Å². The Balaban J connectivity index is 2.02. The highest BCUT2D eigenvalue weighted by Crippen LogP contribution is 2.26. The van der Waals surface area contributed by atoms with Crippen molar-refractivity contribution in [1.29, 1.82) is 0 Å². The van der Waals surface area contributed by atoms with Crippen molar-refractivity contribution in [3.05, 3.63) is 27.3 Å². The van der Waals surface area contributed by atoms with Crippen molar-refractivity contribution in [2.24, 2.45) is 0 Å². The molecule has 1 atom stereocenters. The molecule has 1 aliphatic heterocycles. The molecule has 0 radical (unpaired) electrons. The van der Waals surface area contributed by atoms with Crippen LogP contribution in [-0.4, -0.2) is 25.7 Å². The van der Waals surface area contributed by atoms with Crippen molar-refractivity contribution in [3.63, 3.8) is 0 Å². The van der Waals surface area contributed by atoms with Gasteiger partial charge in [0, 0.05) is 28.4 Å². The van der Waals surface area contributed by atoms with E-state index in [4.69, 9.17) is 0 Å². The average molecular weight is 344 g/mol. The molecule has 1 aromatic carbocycles. The Labute approximate surface area is 118 Å². The fraction of sp³-hybridized carbons (Fsp3) is 0.571. The molecule has 1 aliphatic rings. The molecule has 1 N–H and O–H groups in total. The van der Waals surface area contributed by atoms with Crippen LogP contribution in [0, 0.1) is 10.5 Å². The van der Waals surface area contributed by atoms with Crippen molar-refractivity contribution >= 4 is 28.3 Å². The van der Waals surface area contributed by atoms with E-state index in [1.807, 2.05) is 0 Å². The van der Waals surface area contributed by atoms with Gasteiger partial charge in [-0.1, -0.05) is 13.0 Å². The minimum atomic E-state index is 0.673. The predicted octanol–water partition coefficient (Wildman–Crippen LogP) is 3.18. The molecule has 1 heterocycles. The summed E-state index contributed by atoms with van der Waals surface area (Å²) in [5.74, 6) is 0. The lowest BCUT2D eigenvalue weighted by molar-refractivity contribution is 0.549. The monoisotopic (exact) mass is 344 g/mol. The molecule has 2 nitrogen and oxygen atoms in total. The zero-order valence-electron chi connectivity index (χ0n) is 10.7. The maximum Gasteiger partial charge on any atom is 0.0407 e. The quantitative estimate of drug-likeness (QED) is 0.844. The predicted molar refractivity (Wildman–Crippen MR) is 82.8 cm³/mol. The third-order valence-corrected chi connectivity index (χ3v) is 4.05. The fourth-order valence-electron chi connectivity index (χ4n) is 2.42. The molecule has 17 heavy (non-hydrogen) atoms. The van der Waals surface area contributed by atoms with Crippen LogP contribution in [-0.2, 0) is 0 Å². The van der Waals surface area contributed by atoms with Crippen LogP contribution < -0.4 is 10.2 Å². The summed E-state index contributed by atoms with van der Waals surface area (Å²) in [5, 5.41) is 3.62. The number of aryl methyl sites for hydroxylation is 1. The normalized spacial score (nSPS) is 19.9. The second kappa shape index (κ2) is 6.05. The summed E-state index contributed by atoms with van der Waals surface area (Å²) in [6, 6.07) is 7.39. The Morgan fingerprint density at radius 1 is 1.47 bits per heavy atom. The Hall–Kier alpha value is -0.290. The number of anilines is 1. The number of hydrogen-bond donors (Lipinski definition) is 1. The Bertz CT molecular complexity index is 378. The first-order chi connectivity index (χ1) is 8.20. The van der Waals surface area contributed by atoms with Crippen molar-refractivity contribution in [2.75, 3.05) is 24.5 Å². The smallest absolute Gasteiger partial charge is 0.0407 e. The van der Waals surface area contributed by atoms with Crippen LogP contribution in [0.1, 0.15) is 25.3 Å². The lowest BCUT2D eigenvalue weighted by atomic mass is 10.2. The third-order valence-electron chi connectivity index (χ3n) is 3.38. The number of rotatable bonds is 4. The molecule has 0 aliphatic carbocycles. The zero-order valence-corrected chi connectivity index (χ0v) is 12.8. The van der Waals surface area contributed by atoms with Crippen molar-refractivity contribution in [1.82, 2.24) is 5.32 Å². The summed E-state index contributed by atoms with van der Waals surface area (Å²) in [7, 11) is 0. The minimum Gasteiger partial charge on any atom is -0.370 e. The zero-order chi connectivity index (χ0) is 12.3. The first-order valence-corrected chi connectivity index (χ1v) is 7.53. The van der Waals surface area contributed by atoms with Gasteiger partial charge in [0.25, 0.3) is 0 Å². The van der Waals surface area contributed by atoms with Gasteiger partial charge in [0.05, 0.1) is 0 Å². The Morgan fingerprint density at radius 2 is 2.29 bits per heavy atom. The molecular weight excluding hydrogens is 323 g/mol. The lowest BCUT2D eigenvalue weighted by Crippen LogP contribution is -2.33. The van der Waals surface area contributed by atoms with Gasteiger partial charge in [-0.15, -0.1) is 0 Å². The van der Waals surface area contributed by atoms with E-state index in [1.54, 1.807) is 0 Å². The first kappa shape index (κ1) is 13.1. The van der Waals surface area contributed by atoms with Crippen LogP contribution in [0.25, 0.3) is 0 Å². The van der Waals surface area contributed by atoms with Gasteiger partial charge in [0.15, 0.2) is 0 Å². The van der Waals surface area contributed by atoms with E-state index < -0.39 is 0 Å². The van der Waals surface area contributed by atoms with Gasteiger partial charge in [-0.25, -0.2) is 0 Å². The summed E-state index contributed by atoms with van der Waals surface area (Å²) in [6.45, 7) is 7.91. The molecule has 1 unspecified atom stereocenters. The van der Waals surface area contributed by atoms with Crippen molar-refractivity contribution < 1.29 is 0 Å². The van der Waals surface area contributed by atoms with Crippen molar-refractivity contribution in [2.45, 2.75) is 32.7 Å². The SMILES string of the molecule is CCCNC1CCN(c2cc(I)ccc2C)C1. The van der Waals surface area contributed by atoms with E-state index in [9.17, 15) is 0 Å². The molecule has 0 saturated carbocycles. The summed E-state index contributed by atoms with van der Waals surface area (Å²) in [4.78, 5) is 2.52. The highest BCUT2D eigenvalue weighted by Gasteiger charge is 2.22. The lowest BCUT2D eigenvalue weighted by Gasteiger charge is -2.21. The van der Waals surface area contributed by atoms with Crippen molar-refractivity contribution in [3.8, 4) is 0 Å². The second-order valence-electron chi connectivity index (χ2n) is 4.82. The highest BCUT2D eigenvalue weighted by atomic mass is 127. The number of hydrogen-bond acceptors (Lipinski definition) is 2. The van der Waals surface area contributed by atoms with Crippen LogP contribution in [0.4, 0.5) is 5.69 Å². The van der Waals surface area contributed by atoms with E-state index in [2.05, 4.69) is 64.9 Å². The number of nitrogens with one attached hydrogen (secondary N) is 1. The molecule has 3 heteroatoms. The summed E-state index contributed by atoms with van der Waals surface area (Å²) < 4.78 is 1.33. The van der Waals surface area contributed by atoms with E-state index in [0.29, 0.717) is 6.04 Å². The molecular formula is C14H21IN2. The Kier molecular flexibility index (Phi) is 4.68. The number of nitrogens with zero attached hydrogens (tertiary/aromatic N) is 1. The van der Waals surface area contributed by atoms with Crippen LogP contribution in [0.2, 0.25) is 0 Å². The van der Waals surface area contributed by atoms with E-state index >= 15 is 0 Å². The maximum absolute atomic E-state index is 3.62. The number of benzene rings is 1. The van der Waals surface area contributed by atoms with Gasteiger partial charge < -0.3 is 10.2 Å². The molecule has 94 valence electrons. The highest BCUT2D eigenvalue weighted by molar-refractivity contribution is 14.1. The van der Waals surface area contributed by atoms with E-state index in [0.717, 1.165) is 13.1 Å². The first-order valence-electron chi connectivity index (χ1n) is 6.45. The topological polar surface area (TPSA) is 15.3 Å². The largest absolute Gasteiger partial charge is 0.370 e. The summed E-state index contributed by atoms with van der Waals surface area (Å²) >= 11 is 2.39. The maximum atomic E-state index is 3.62. The van der Waals surface area contributed by atoms with Gasteiger partial charge in [0.1, 0.15) is 0 Å². The molecule has 1 saturated heterocycles. The van der Waals surface area contributed by atoms with Gasteiger partial charge in [0.2, 0.25) is 0 Å². The van der Waals surface area contributed by atoms with E-state index in [1.165, 1.54) is 34.2 Å². The number of halogens is 1. The standard InChI is InChI=1S/C14H21IN2/c1-3-7-16-13-6-8-17(10-13)14-9-12(15)5-4-11(14)2/h4-5,9,13,16H,3,6-8,10H2,1-2H3. The molecule has 1 aromatic rings. The molecule has 0 spiro atoms. The minimum absolute atomic E-state index is 0.673. The summed E-state index contributed by atoms with van der Waals surface area (Å²) in [6.07, 6.45) is 2.49. The molecule has 0 amide bonds. The fourth-order valence-corrected chi connectivity index (χ4v) is 2.89. The molecule has 1 fully saturated rings. The van der Waals surface area contributed by atoms with Crippen LogP contribution >= 0.6 is 22.6 Å². The molecule has 0 bridgehead atoms. The Morgan fingerprint density at radius 3 is 3.06 bits per heavy atom. The van der Waals surface area contributed by atoms with Gasteiger partial charge in [-0.2, -0.15) is 0 Å². The summed E-state index contributed by atoms with van der Waals surface area (Å²) in [5.41, 5.74) is 2.80. The van der Waals surface area contributed by atoms with Gasteiger partial charge in [-0.05, 0) is 66.6 Å². The second-order valence-corrected chi connectivity index (χ2v) is 6.06. The van der Waals surface area contributed by atoms with Crippen LogP contribution in [0.15, 0.2) is 18.2 Å². The van der Waals surface area contributed by atoms with E-state index in [-0.39, 0.29) is 0 Å². The third kappa shape index (κ3) is 3.35. The van der Waals surface area contributed by atoms with Crippen LogP contribution in [0.5, 0.6) is 0 Å². The van der Waals surface area contributed by atoms with Gasteiger partial charge in [-0.3, -0.25) is 0 Å². The average Bonchev–Trinajstić information content (AvgIpc) is 2.78. The van der Waals surface area contributed by atoms with Crippen LogP contribution in [0.3, 0.4) is 0 Å².